The molecule has 0 bridgehead atoms. The van der Waals surface area contributed by atoms with Gasteiger partial charge in [-0.2, -0.15) is 0 Å². The minimum Gasteiger partial charge on any atom is -0.482 e. The molecule has 8 atom stereocenters. The lowest BCUT2D eigenvalue weighted by Crippen LogP contribution is -2.71. The molecule has 0 radical (unpaired) electrons. The van der Waals surface area contributed by atoms with Crippen LogP contribution in [0.15, 0.2) is 70.1 Å². The minimum atomic E-state index is -1.38. The van der Waals surface area contributed by atoms with E-state index >= 15 is 0 Å². The first kappa shape index (κ1) is 32.4. The summed E-state index contributed by atoms with van der Waals surface area (Å²) >= 11 is 0. The van der Waals surface area contributed by atoms with Gasteiger partial charge in [-0.1, -0.05) is 32.0 Å². The molecule has 0 amide bonds. The number of hydrogen-bond acceptors (Lipinski definition) is 11. The van der Waals surface area contributed by atoms with Crippen molar-refractivity contribution in [1.29, 1.82) is 0 Å². The van der Waals surface area contributed by atoms with Gasteiger partial charge < -0.3 is 28.5 Å². The number of aromatic nitrogens is 1. The molecule has 6 rings (SSSR count). The van der Waals surface area contributed by atoms with Gasteiger partial charge in [-0.3, -0.25) is 14.6 Å². The predicted octanol–water partition coefficient (Wildman–Crippen LogP) is 5.05. The third-order valence-electron chi connectivity index (χ3n) is 10.7. The fraction of sp³-hybridized carbons (Fsp3) is 0.472. The van der Waals surface area contributed by atoms with E-state index in [1.54, 1.807) is 67.8 Å². The molecule has 1 N–H and O–H groups in total. The van der Waals surface area contributed by atoms with Gasteiger partial charge in [0, 0.05) is 49.2 Å². The third-order valence-corrected chi connectivity index (χ3v) is 10.7. The van der Waals surface area contributed by atoms with Crippen LogP contribution in [0.3, 0.4) is 0 Å². The Balaban J connectivity index is 1.51. The first-order chi connectivity index (χ1) is 22.3. The second-order valence-electron chi connectivity index (χ2n) is 13.6. The van der Waals surface area contributed by atoms with Crippen LogP contribution < -0.4 is 10.4 Å². The average molecular weight is 646 g/mol. The fourth-order valence-electron chi connectivity index (χ4n) is 8.61. The van der Waals surface area contributed by atoms with E-state index in [1.807, 2.05) is 13.8 Å². The summed E-state index contributed by atoms with van der Waals surface area (Å²) in [6, 6.07) is 13.6. The molecule has 2 aliphatic carbocycles. The van der Waals surface area contributed by atoms with Crippen LogP contribution in [-0.2, 0) is 23.8 Å². The lowest BCUT2D eigenvalue weighted by Gasteiger charge is -2.66. The van der Waals surface area contributed by atoms with Gasteiger partial charge in [0.2, 0.25) is 0 Å². The van der Waals surface area contributed by atoms with Gasteiger partial charge in [-0.25, -0.2) is 9.59 Å². The summed E-state index contributed by atoms with van der Waals surface area (Å²) in [6.45, 7) is 8.26. The highest BCUT2D eigenvalue weighted by molar-refractivity contribution is 5.89. The van der Waals surface area contributed by atoms with Gasteiger partial charge in [0.25, 0.3) is 0 Å². The highest BCUT2D eigenvalue weighted by Gasteiger charge is 2.71. The molecule has 2 aromatic heterocycles. The number of benzene rings is 1. The molecule has 0 saturated heterocycles. The van der Waals surface area contributed by atoms with E-state index in [-0.39, 0.29) is 30.1 Å². The Bertz CT molecular complexity index is 1740. The van der Waals surface area contributed by atoms with Gasteiger partial charge in [0.05, 0.1) is 11.7 Å². The number of aliphatic hydroxyl groups excluding tert-OH is 1. The molecule has 248 valence electrons. The summed E-state index contributed by atoms with van der Waals surface area (Å²) in [5, 5.41) is 12.3. The first-order valence-electron chi connectivity index (χ1n) is 15.8. The van der Waals surface area contributed by atoms with Crippen molar-refractivity contribution in [3.63, 3.8) is 0 Å². The number of hydrogen-bond donors (Lipinski definition) is 1. The van der Waals surface area contributed by atoms with Crippen LogP contribution in [0.2, 0.25) is 0 Å². The number of carbonyl (C=O) groups excluding carboxylic acids is 3. The number of aliphatic hydroxyl groups is 1. The van der Waals surface area contributed by atoms with Crippen molar-refractivity contribution in [2.75, 3.05) is 6.61 Å². The second-order valence-corrected chi connectivity index (χ2v) is 13.6. The summed E-state index contributed by atoms with van der Waals surface area (Å²) in [5.74, 6) is -2.43. The summed E-state index contributed by atoms with van der Waals surface area (Å²) in [4.78, 5) is 55.7. The summed E-state index contributed by atoms with van der Waals surface area (Å²) in [7, 11) is 0. The Morgan fingerprint density at radius 1 is 1.00 bits per heavy atom. The molecule has 11 heteroatoms. The smallest absolute Gasteiger partial charge is 0.345 e. The van der Waals surface area contributed by atoms with E-state index in [1.165, 1.54) is 13.8 Å². The number of esters is 3. The van der Waals surface area contributed by atoms with Crippen LogP contribution >= 0.6 is 0 Å². The highest BCUT2D eigenvalue weighted by Crippen LogP contribution is 2.67. The van der Waals surface area contributed by atoms with E-state index in [0.29, 0.717) is 24.0 Å². The topological polar surface area (TPSA) is 151 Å². The first-order valence-corrected chi connectivity index (χ1v) is 15.8. The largest absolute Gasteiger partial charge is 0.482 e. The Morgan fingerprint density at radius 2 is 1.74 bits per heavy atom. The molecule has 11 nitrogen and oxygen atoms in total. The molecule has 1 aliphatic heterocycles. The van der Waals surface area contributed by atoms with Gasteiger partial charge in [0.15, 0.2) is 0 Å². The molecule has 3 unspecified atom stereocenters. The van der Waals surface area contributed by atoms with E-state index < -0.39 is 70.1 Å². The SMILES string of the molecule is CC(=O)OC[C@@]1(C)C2C[C@H](OC(=O)c3ccccc3)[C@@]3(C)Oc4cc(-c5cccnc5)oc(=O)c4C(O)C3[C@@]2(C)CC[C@@H]1OC(C)=O. The molecule has 1 aromatic carbocycles. The second kappa shape index (κ2) is 11.9. The van der Waals surface area contributed by atoms with Crippen LogP contribution in [-0.4, -0.2) is 52.4 Å². The molecule has 2 saturated carbocycles. The van der Waals surface area contributed by atoms with E-state index in [9.17, 15) is 24.3 Å². The molecule has 3 aromatic rings. The van der Waals surface area contributed by atoms with Crippen LogP contribution in [0.25, 0.3) is 11.3 Å². The quantitative estimate of drug-likeness (QED) is 0.283. The normalized spacial score (nSPS) is 32.4. The Morgan fingerprint density at radius 3 is 2.40 bits per heavy atom. The zero-order chi connectivity index (χ0) is 33.7. The number of carbonyl (C=O) groups is 3. The van der Waals surface area contributed by atoms with E-state index in [0.717, 1.165) is 0 Å². The van der Waals surface area contributed by atoms with Crippen molar-refractivity contribution in [2.45, 2.75) is 77.8 Å². The van der Waals surface area contributed by atoms with Crippen LogP contribution in [0.4, 0.5) is 0 Å². The minimum absolute atomic E-state index is 0.0288. The molecular weight excluding hydrogens is 606 g/mol. The standard InChI is InChI=1S/C36H39NO10/c1-20(38)43-19-35(4)26-17-28(46-32(41)22-10-7-6-8-11-22)36(5)31(34(26,3)14-13-27(35)44-21(2)39)30(40)29-25(47-36)16-24(45-33(29)42)23-12-9-15-37-18-23/h6-12,15-16,18,26-28,30-31,40H,13-14,17,19H2,1-5H3/t26?,27-,28-,30?,31?,34-,35-,36+/m0/s1. The van der Waals surface area contributed by atoms with Crippen molar-refractivity contribution in [3.8, 4) is 17.1 Å². The lowest BCUT2D eigenvalue weighted by molar-refractivity contribution is -0.266. The monoisotopic (exact) mass is 645 g/mol. The Labute approximate surface area is 272 Å². The molecule has 3 heterocycles. The zero-order valence-electron chi connectivity index (χ0n) is 27.1. The Hall–Kier alpha value is -4.51. The highest BCUT2D eigenvalue weighted by atomic mass is 16.6. The van der Waals surface area contributed by atoms with Crippen molar-refractivity contribution in [3.05, 3.63) is 82.5 Å². The number of ether oxygens (including phenoxy) is 4. The van der Waals surface area contributed by atoms with Crippen molar-refractivity contribution in [2.24, 2.45) is 22.7 Å². The fourth-order valence-corrected chi connectivity index (χ4v) is 8.61. The molecule has 2 fully saturated rings. The number of rotatable bonds is 6. The van der Waals surface area contributed by atoms with Gasteiger partial charge >= 0.3 is 23.5 Å². The molecule has 3 aliphatic rings. The van der Waals surface area contributed by atoms with Gasteiger partial charge in [0.1, 0.15) is 41.5 Å². The summed E-state index contributed by atoms with van der Waals surface area (Å²) in [5.41, 5.74) is -2.94. The lowest BCUT2D eigenvalue weighted by atomic mass is 9.42. The molecule has 0 spiro atoms. The maximum atomic E-state index is 13.6. The molecule has 47 heavy (non-hydrogen) atoms. The third kappa shape index (κ3) is 5.50. The summed E-state index contributed by atoms with van der Waals surface area (Å²) in [6.07, 6.45) is 1.31. The Kier molecular flexibility index (Phi) is 8.24. The maximum Gasteiger partial charge on any atom is 0.345 e. The zero-order valence-corrected chi connectivity index (χ0v) is 27.1. The number of nitrogens with zero attached hydrogens (tertiary/aromatic N) is 1. The van der Waals surface area contributed by atoms with Crippen molar-refractivity contribution < 1.29 is 42.9 Å². The molecular formula is C36H39NO10. The van der Waals surface area contributed by atoms with Crippen molar-refractivity contribution in [1.82, 2.24) is 4.98 Å². The van der Waals surface area contributed by atoms with Gasteiger partial charge in [-0.05, 0) is 61.8 Å². The summed E-state index contributed by atoms with van der Waals surface area (Å²) < 4.78 is 30.2. The van der Waals surface area contributed by atoms with E-state index in [2.05, 4.69) is 4.98 Å². The van der Waals surface area contributed by atoms with Crippen molar-refractivity contribution >= 4 is 17.9 Å². The van der Waals surface area contributed by atoms with Gasteiger partial charge in [-0.15, -0.1) is 0 Å². The maximum absolute atomic E-state index is 13.6. The van der Waals surface area contributed by atoms with Crippen LogP contribution in [0.5, 0.6) is 5.75 Å². The van der Waals surface area contributed by atoms with Crippen LogP contribution in [0.1, 0.15) is 75.9 Å². The van der Waals surface area contributed by atoms with E-state index in [4.69, 9.17) is 23.4 Å². The number of pyridine rings is 1. The van der Waals surface area contributed by atoms with Crippen LogP contribution in [0, 0.1) is 22.7 Å². The average Bonchev–Trinajstić information content (AvgIpc) is 3.03. The predicted molar refractivity (Wildman–Crippen MR) is 167 cm³/mol. The number of fused-ring (bicyclic) bond motifs is 4.